The topological polar surface area (TPSA) is 68.4 Å². The van der Waals surface area contributed by atoms with Crippen LogP contribution < -0.4 is 10.9 Å². The van der Waals surface area contributed by atoms with E-state index in [1.54, 1.807) is 31.3 Å². The van der Waals surface area contributed by atoms with E-state index in [9.17, 15) is 22.8 Å². The molecule has 6 nitrogen and oxygen atoms in total. The maximum Gasteiger partial charge on any atom is 0.416 e. The number of aryl methyl sites for hydroxylation is 1. The standard InChI is InChI=1S/C20H15F3N4O2/c1-26-17-10-13(4-7-15(17)27-16(19(26)29)8-9-25-27)18(28)24-11-12-2-5-14(6-3-12)20(21,22)23/h2-10H,11H2,1H3,(H,24,28). The van der Waals surface area contributed by atoms with E-state index in [2.05, 4.69) is 10.4 Å². The second-order valence-electron chi connectivity index (χ2n) is 6.57. The van der Waals surface area contributed by atoms with Crippen LogP contribution in [0, 0.1) is 0 Å². The fraction of sp³-hybridized carbons (Fsp3) is 0.150. The van der Waals surface area contributed by atoms with Crippen molar-refractivity contribution in [1.29, 1.82) is 0 Å². The molecule has 2 heterocycles. The van der Waals surface area contributed by atoms with Gasteiger partial charge in [-0.15, -0.1) is 0 Å². The number of aromatic nitrogens is 3. The molecule has 0 unspecified atom stereocenters. The predicted octanol–water partition coefficient (Wildman–Crippen LogP) is 3.14. The van der Waals surface area contributed by atoms with Crippen molar-refractivity contribution in [3.8, 4) is 0 Å². The summed E-state index contributed by atoms with van der Waals surface area (Å²) in [6, 6.07) is 11.1. The minimum Gasteiger partial charge on any atom is -0.348 e. The average Bonchev–Trinajstić information content (AvgIpc) is 3.19. The van der Waals surface area contributed by atoms with Crippen LogP contribution in [0.5, 0.6) is 0 Å². The van der Waals surface area contributed by atoms with Crippen LogP contribution in [0.1, 0.15) is 21.5 Å². The summed E-state index contributed by atoms with van der Waals surface area (Å²) in [6.07, 6.45) is -2.87. The van der Waals surface area contributed by atoms with E-state index in [4.69, 9.17) is 0 Å². The Morgan fingerprint density at radius 2 is 1.76 bits per heavy atom. The van der Waals surface area contributed by atoms with Gasteiger partial charge in [0.15, 0.2) is 0 Å². The monoisotopic (exact) mass is 400 g/mol. The number of hydrogen-bond donors (Lipinski definition) is 1. The maximum atomic E-state index is 12.6. The Bertz CT molecular complexity index is 1290. The minimum atomic E-state index is -4.40. The number of alkyl halides is 3. The number of halogens is 3. The van der Waals surface area contributed by atoms with Gasteiger partial charge in [0.1, 0.15) is 5.52 Å². The molecule has 4 rings (SSSR count). The lowest BCUT2D eigenvalue weighted by molar-refractivity contribution is -0.137. The van der Waals surface area contributed by atoms with Gasteiger partial charge in [0.05, 0.1) is 22.8 Å². The molecule has 0 aliphatic carbocycles. The highest BCUT2D eigenvalue weighted by Gasteiger charge is 2.29. The molecule has 0 atom stereocenters. The zero-order chi connectivity index (χ0) is 20.8. The van der Waals surface area contributed by atoms with Gasteiger partial charge in [-0.25, -0.2) is 4.52 Å². The fourth-order valence-electron chi connectivity index (χ4n) is 3.15. The first kappa shape index (κ1) is 18.7. The number of benzene rings is 2. The van der Waals surface area contributed by atoms with Gasteiger partial charge in [0, 0.05) is 19.2 Å². The van der Waals surface area contributed by atoms with Crippen LogP contribution in [0.25, 0.3) is 16.6 Å². The predicted molar refractivity (Wildman–Crippen MR) is 101 cm³/mol. The minimum absolute atomic E-state index is 0.0755. The third-order valence-corrected chi connectivity index (χ3v) is 4.73. The number of fused-ring (bicyclic) bond motifs is 3. The normalized spacial score (nSPS) is 11.9. The Kier molecular flexibility index (Phi) is 4.37. The first-order chi connectivity index (χ1) is 13.8. The number of carbonyl (C=O) groups excluding carboxylic acids is 1. The third-order valence-electron chi connectivity index (χ3n) is 4.73. The molecule has 0 fully saturated rings. The largest absolute Gasteiger partial charge is 0.416 e. The summed E-state index contributed by atoms with van der Waals surface area (Å²) in [5.74, 6) is -0.403. The van der Waals surface area contributed by atoms with E-state index in [1.807, 2.05) is 0 Å². The van der Waals surface area contributed by atoms with Crippen LogP contribution in [0.2, 0.25) is 0 Å². The molecule has 148 valence electrons. The highest BCUT2D eigenvalue weighted by atomic mass is 19.4. The Labute approximate surface area is 162 Å². The first-order valence-electron chi connectivity index (χ1n) is 8.66. The van der Waals surface area contributed by atoms with Crippen molar-refractivity contribution in [3.05, 3.63) is 81.8 Å². The smallest absolute Gasteiger partial charge is 0.348 e. The second kappa shape index (κ2) is 6.77. The highest BCUT2D eigenvalue weighted by molar-refractivity contribution is 5.97. The molecular weight excluding hydrogens is 385 g/mol. The van der Waals surface area contributed by atoms with E-state index in [-0.39, 0.29) is 12.1 Å². The molecule has 1 N–H and O–H groups in total. The number of carbonyl (C=O) groups is 1. The second-order valence-corrected chi connectivity index (χ2v) is 6.57. The van der Waals surface area contributed by atoms with E-state index in [0.29, 0.717) is 27.7 Å². The Morgan fingerprint density at radius 1 is 1.03 bits per heavy atom. The summed E-state index contributed by atoms with van der Waals surface area (Å²) in [7, 11) is 1.61. The number of hydrogen-bond acceptors (Lipinski definition) is 3. The summed E-state index contributed by atoms with van der Waals surface area (Å²) in [5.41, 5.74) is 1.52. The molecule has 0 aliphatic rings. The first-order valence-corrected chi connectivity index (χ1v) is 8.66. The molecule has 4 aromatic rings. The summed E-state index contributed by atoms with van der Waals surface area (Å²) in [4.78, 5) is 24.9. The van der Waals surface area contributed by atoms with Crippen molar-refractivity contribution >= 4 is 22.5 Å². The quantitative estimate of drug-likeness (QED) is 0.575. The molecule has 0 radical (unpaired) electrons. The van der Waals surface area contributed by atoms with Crippen molar-refractivity contribution in [2.75, 3.05) is 0 Å². The highest BCUT2D eigenvalue weighted by Crippen LogP contribution is 2.29. The van der Waals surface area contributed by atoms with Gasteiger partial charge in [-0.05, 0) is 42.0 Å². The molecule has 29 heavy (non-hydrogen) atoms. The van der Waals surface area contributed by atoms with Crippen LogP contribution >= 0.6 is 0 Å². The van der Waals surface area contributed by atoms with Crippen LogP contribution in [0.4, 0.5) is 13.2 Å². The number of nitrogens with one attached hydrogen (secondary N) is 1. The van der Waals surface area contributed by atoms with Crippen LogP contribution in [0.3, 0.4) is 0 Å². The van der Waals surface area contributed by atoms with E-state index >= 15 is 0 Å². The molecule has 9 heteroatoms. The van der Waals surface area contributed by atoms with Gasteiger partial charge in [0.2, 0.25) is 0 Å². The van der Waals surface area contributed by atoms with Gasteiger partial charge in [-0.3, -0.25) is 9.59 Å². The Morgan fingerprint density at radius 3 is 2.45 bits per heavy atom. The molecule has 0 saturated carbocycles. The molecule has 1 amide bonds. The van der Waals surface area contributed by atoms with Crippen molar-refractivity contribution in [2.24, 2.45) is 7.05 Å². The van der Waals surface area contributed by atoms with Crippen LogP contribution in [-0.4, -0.2) is 20.1 Å². The van der Waals surface area contributed by atoms with Gasteiger partial charge < -0.3 is 9.88 Å². The fourth-order valence-corrected chi connectivity index (χ4v) is 3.15. The van der Waals surface area contributed by atoms with Crippen molar-refractivity contribution in [1.82, 2.24) is 19.5 Å². The summed E-state index contributed by atoms with van der Waals surface area (Å²) in [5, 5.41) is 6.82. The number of nitrogens with zero attached hydrogens (tertiary/aromatic N) is 3. The van der Waals surface area contributed by atoms with Crippen molar-refractivity contribution in [3.63, 3.8) is 0 Å². The van der Waals surface area contributed by atoms with E-state index in [0.717, 1.165) is 12.1 Å². The lowest BCUT2D eigenvalue weighted by atomic mass is 10.1. The van der Waals surface area contributed by atoms with Gasteiger partial charge in [0.25, 0.3) is 11.5 Å². The number of rotatable bonds is 3. The molecular formula is C20H15F3N4O2. The summed E-state index contributed by atoms with van der Waals surface area (Å²) >= 11 is 0. The summed E-state index contributed by atoms with van der Waals surface area (Å²) < 4.78 is 40.8. The third kappa shape index (κ3) is 3.35. The van der Waals surface area contributed by atoms with Crippen molar-refractivity contribution in [2.45, 2.75) is 12.7 Å². The molecule has 0 aliphatic heterocycles. The average molecular weight is 400 g/mol. The van der Waals surface area contributed by atoms with Gasteiger partial charge >= 0.3 is 6.18 Å². The van der Waals surface area contributed by atoms with E-state index < -0.39 is 17.6 Å². The van der Waals surface area contributed by atoms with Crippen molar-refractivity contribution < 1.29 is 18.0 Å². The van der Waals surface area contributed by atoms with E-state index in [1.165, 1.54) is 27.4 Å². The lowest BCUT2D eigenvalue weighted by Crippen LogP contribution is -2.24. The molecule has 2 aromatic heterocycles. The summed E-state index contributed by atoms with van der Waals surface area (Å²) in [6.45, 7) is 0.0755. The SMILES string of the molecule is Cn1c(=O)c2ccnn2c2ccc(C(=O)NCc3ccc(C(F)(F)F)cc3)cc21. The number of amides is 1. The zero-order valence-electron chi connectivity index (χ0n) is 15.2. The molecule has 2 aromatic carbocycles. The maximum absolute atomic E-state index is 12.6. The zero-order valence-corrected chi connectivity index (χ0v) is 15.2. The lowest BCUT2D eigenvalue weighted by Gasteiger charge is -2.11. The van der Waals surface area contributed by atoms with Gasteiger partial charge in [-0.1, -0.05) is 12.1 Å². The van der Waals surface area contributed by atoms with Crippen LogP contribution in [0.15, 0.2) is 59.5 Å². The molecule has 0 spiro atoms. The molecule has 0 saturated heterocycles. The van der Waals surface area contributed by atoms with Gasteiger partial charge in [-0.2, -0.15) is 18.3 Å². The Hall–Kier alpha value is -3.62. The van der Waals surface area contributed by atoms with Crippen LogP contribution in [-0.2, 0) is 19.8 Å². The molecule has 0 bridgehead atoms. The Balaban J connectivity index is 1.58.